The van der Waals surface area contributed by atoms with Crippen molar-refractivity contribution in [1.29, 1.82) is 0 Å². The van der Waals surface area contributed by atoms with Crippen LogP contribution in [0.25, 0.3) is 0 Å². The van der Waals surface area contributed by atoms with Crippen molar-refractivity contribution in [2.45, 2.75) is 26.3 Å². The molecule has 0 saturated carbocycles. The van der Waals surface area contributed by atoms with Crippen molar-refractivity contribution in [3.05, 3.63) is 12.2 Å². The molecule has 0 aromatic heterocycles. The molecule has 0 unspecified atom stereocenters. The average molecular weight is 237 g/mol. The Hall–Kier alpha value is -0.380. The molecule has 2 aliphatic heterocycles. The van der Waals surface area contributed by atoms with Gasteiger partial charge in [-0.1, -0.05) is 19.1 Å². The van der Waals surface area contributed by atoms with Crippen molar-refractivity contribution >= 4 is 0 Å². The fraction of sp³-hybridized carbons (Fsp3) is 0.857. The molecule has 0 aliphatic carbocycles. The molecule has 0 amide bonds. The molecule has 17 heavy (non-hydrogen) atoms. The van der Waals surface area contributed by atoms with Gasteiger partial charge in [0.2, 0.25) is 0 Å². The van der Waals surface area contributed by atoms with E-state index in [1.165, 1.54) is 57.8 Å². The van der Waals surface area contributed by atoms with Crippen molar-refractivity contribution in [2.75, 3.05) is 52.4 Å². The highest BCUT2D eigenvalue weighted by Gasteiger charge is 2.29. The minimum Gasteiger partial charge on any atom is -0.301 e. The molecular formula is C14H27N3. The highest BCUT2D eigenvalue weighted by molar-refractivity contribution is 4.95. The molecule has 2 fully saturated rings. The Kier molecular flexibility index (Phi) is 4.60. The largest absolute Gasteiger partial charge is 0.301 e. The van der Waals surface area contributed by atoms with E-state index in [1.54, 1.807) is 0 Å². The minimum absolute atomic E-state index is 0.799. The first-order valence-electron chi connectivity index (χ1n) is 7.02. The van der Waals surface area contributed by atoms with Gasteiger partial charge in [0.05, 0.1) is 0 Å². The van der Waals surface area contributed by atoms with Gasteiger partial charge in [-0.2, -0.15) is 0 Å². The van der Waals surface area contributed by atoms with Crippen LogP contribution in [-0.2, 0) is 0 Å². The summed E-state index contributed by atoms with van der Waals surface area (Å²) < 4.78 is 0. The summed E-state index contributed by atoms with van der Waals surface area (Å²) in [6.45, 7) is 18.3. The monoisotopic (exact) mass is 237 g/mol. The first kappa shape index (κ1) is 13.1. The third-order valence-corrected chi connectivity index (χ3v) is 4.11. The lowest BCUT2D eigenvalue weighted by atomic mass is 10.2. The standard InChI is InChI=1S/C14H27N3/c1-4-15-7-9-17(10-8-15)14-5-6-16(12-14)11-13(2)3/h14H,2,4-12H2,1,3H3/t14-/m1/s1. The van der Waals surface area contributed by atoms with Crippen LogP contribution in [0.15, 0.2) is 12.2 Å². The minimum atomic E-state index is 0.799. The quantitative estimate of drug-likeness (QED) is 0.682. The lowest BCUT2D eigenvalue weighted by Crippen LogP contribution is -2.50. The van der Waals surface area contributed by atoms with Gasteiger partial charge < -0.3 is 4.90 Å². The first-order valence-corrected chi connectivity index (χ1v) is 7.02. The van der Waals surface area contributed by atoms with Gasteiger partial charge in [-0.3, -0.25) is 9.80 Å². The van der Waals surface area contributed by atoms with Crippen LogP contribution in [-0.4, -0.2) is 73.1 Å². The van der Waals surface area contributed by atoms with E-state index in [0.29, 0.717) is 0 Å². The van der Waals surface area contributed by atoms with Crippen LogP contribution < -0.4 is 0 Å². The van der Waals surface area contributed by atoms with Crippen LogP contribution in [0.5, 0.6) is 0 Å². The van der Waals surface area contributed by atoms with Crippen LogP contribution in [0, 0.1) is 0 Å². The molecule has 2 heterocycles. The summed E-state index contributed by atoms with van der Waals surface area (Å²) in [5.74, 6) is 0. The molecule has 0 aromatic carbocycles. The smallest absolute Gasteiger partial charge is 0.0236 e. The SMILES string of the molecule is C=C(C)CN1CC[C@@H](N2CCN(CC)CC2)C1. The average Bonchev–Trinajstić information content (AvgIpc) is 2.77. The van der Waals surface area contributed by atoms with Gasteiger partial charge in [0.1, 0.15) is 0 Å². The van der Waals surface area contributed by atoms with Crippen molar-refractivity contribution in [3.63, 3.8) is 0 Å². The van der Waals surface area contributed by atoms with Gasteiger partial charge in [0.25, 0.3) is 0 Å². The topological polar surface area (TPSA) is 9.72 Å². The molecule has 3 nitrogen and oxygen atoms in total. The van der Waals surface area contributed by atoms with Gasteiger partial charge in [-0.15, -0.1) is 0 Å². The molecule has 0 spiro atoms. The summed E-state index contributed by atoms with van der Waals surface area (Å²) in [6, 6.07) is 0.799. The second-order valence-electron chi connectivity index (χ2n) is 5.60. The lowest BCUT2D eigenvalue weighted by molar-refractivity contribution is 0.102. The second kappa shape index (κ2) is 5.98. The Morgan fingerprint density at radius 2 is 1.82 bits per heavy atom. The summed E-state index contributed by atoms with van der Waals surface area (Å²) in [4.78, 5) is 7.81. The fourth-order valence-corrected chi connectivity index (χ4v) is 3.08. The molecule has 0 bridgehead atoms. The van der Waals surface area contributed by atoms with E-state index >= 15 is 0 Å². The van der Waals surface area contributed by atoms with Crippen molar-refractivity contribution in [2.24, 2.45) is 0 Å². The van der Waals surface area contributed by atoms with E-state index in [9.17, 15) is 0 Å². The predicted octanol–water partition coefficient (Wildman–Crippen LogP) is 1.27. The molecule has 3 heteroatoms. The zero-order valence-corrected chi connectivity index (χ0v) is 11.5. The first-order chi connectivity index (χ1) is 8.19. The van der Waals surface area contributed by atoms with Crippen LogP contribution in [0.4, 0.5) is 0 Å². The summed E-state index contributed by atoms with van der Waals surface area (Å²) in [5.41, 5.74) is 1.29. The fourth-order valence-electron chi connectivity index (χ4n) is 3.08. The number of rotatable bonds is 4. The molecular weight excluding hydrogens is 210 g/mol. The normalized spacial score (nSPS) is 28.7. The van der Waals surface area contributed by atoms with Gasteiger partial charge in [-0.05, 0) is 19.9 Å². The third-order valence-electron chi connectivity index (χ3n) is 4.11. The van der Waals surface area contributed by atoms with Crippen molar-refractivity contribution < 1.29 is 0 Å². The van der Waals surface area contributed by atoms with Crippen molar-refractivity contribution in [3.8, 4) is 0 Å². The van der Waals surface area contributed by atoms with E-state index in [-0.39, 0.29) is 0 Å². The third kappa shape index (κ3) is 3.54. The van der Waals surface area contributed by atoms with Gasteiger partial charge in [0, 0.05) is 51.9 Å². The summed E-state index contributed by atoms with van der Waals surface area (Å²) in [6.07, 6.45) is 1.35. The molecule has 1 atom stereocenters. The van der Waals surface area contributed by atoms with Gasteiger partial charge >= 0.3 is 0 Å². The Labute approximate surface area is 106 Å². The maximum atomic E-state index is 4.02. The number of piperazine rings is 1. The molecule has 0 radical (unpaired) electrons. The highest BCUT2D eigenvalue weighted by Crippen LogP contribution is 2.18. The van der Waals surface area contributed by atoms with E-state index < -0.39 is 0 Å². The van der Waals surface area contributed by atoms with Crippen LogP contribution in [0.2, 0.25) is 0 Å². The number of likely N-dealkylation sites (N-methyl/N-ethyl adjacent to an activating group) is 1. The van der Waals surface area contributed by atoms with E-state index in [2.05, 4.69) is 35.1 Å². The number of hydrogen-bond acceptors (Lipinski definition) is 3. The maximum Gasteiger partial charge on any atom is 0.0236 e. The van der Waals surface area contributed by atoms with Gasteiger partial charge in [0.15, 0.2) is 0 Å². The molecule has 2 rings (SSSR count). The molecule has 0 aromatic rings. The van der Waals surface area contributed by atoms with E-state index in [1.807, 2.05) is 0 Å². The Morgan fingerprint density at radius 1 is 1.12 bits per heavy atom. The molecule has 2 saturated heterocycles. The highest BCUT2D eigenvalue weighted by atomic mass is 15.3. The number of nitrogens with zero attached hydrogens (tertiary/aromatic N) is 3. The molecule has 0 N–H and O–H groups in total. The summed E-state index contributed by atoms with van der Waals surface area (Å²) in [7, 11) is 0. The van der Waals surface area contributed by atoms with Gasteiger partial charge in [-0.25, -0.2) is 0 Å². The molecule has 2 aliphatic rings. The Bertz CT molecular complexity index is 256. The van der Waals surface area contributed by atoms with Crippen molar-refractivity contribution in [1.82, 2.24) is 14.7 Å². The van der Waals surface area contributed by atoms with Crippen LogP contribution >= 0.6 is 0 Å². The number of likely N-dealkylation sites (tertiary alicyclic amines) is 1. The molecule has 98 valence electrons. The Balaban J connectivity index is 1.75. The zero-order chi connectivity index (χ0) is 12.3. The number of hydrogen-bond donors (Lipinski definition) is 0. The van der Waals surface area contributed by atoms with Crippen LogP contribution in [0.1, 0.15) is 20.3 Å². The zero-order valence-electron chi connectivity index (χ0n) is 11.5. The van der Waals surface area contributed by atoms with E-state index in [4.69, 9.17) is 0 Å². The van der Waals surface area contributed by atoms with E-state index in [0.717, 1.165) is 12.6 Å². The second-order valence-corrected chi connectivity index (χ2v) is 5.60. The lowest BCUT2D eigenvalue weighted by Gasteiger charge is -2.37. The predicted molar refractivity (Wildman–Crippen MR) is 73.3 cm³/mol. The maximum absolute atomic E-state index is 4.02. The Morgan fingerprint density at radius 3 is 2.41 bits per heavy atom. The van der Waals surface area contributed by atoms with Crippen LogP contribution in [0.3, 0.4) is 0 Å². The summed E-state index contributed by atoms with van der Waals surface area (Å²) >= 11 is 0. The summed E-state index contributed by atoms with van der Waals surface area (Å²) in [5, 5.41) is 0.